The topological polar surface area (TPSA) is 58.6 Å². The van der Waals surface area contributed by atoms with Gasteiger partial charge in [-0.2, -0.15) is 0 Å². The van der Waals surface area contributed by atoms with Crippen molar-refractivity contribution in [2.45, 2.75) is 13.3 Å². The van der Waals surface area contributed by atoms with Gasteiger partial charge >= 0.3 is 0 Å². The number of ether oxygens (including phenoxy) is 1. The van der Waals surface area contributed by atoms with Crippen molar-refractivity contribution in [3.63, 3.8) is 0 Å². The number of rotatable bonds is 7. The summed E-state index contributed by atoms with van der Waals surface area (Å²) >= 11 is 5.98. The van der Waals surface area contributed by atoms with E-state index in [1.165, 1.54) is 6.07 Å². The van der Waals surface area contributed by atoms with Crippen LogP contribution in [0.2, 0.25) is 5.02 Å². The maximum Gasteiger partial charge on any atom is 0.282 e. The Morgan fingerprint density at radius 2 is 1.70 bits per heavy atom. The van der Waals surface area contributed by atoms with Crippen LogP contribution >= 0.6 is 11.6 Å². The first kappa shape index (κ1) is 22.5. The summed E-state index contributed by atoms with van der Waals surface area (Å²) in [5, 5.41) is 3.48. The van der Waals surface area contributed by atoms with E-state index >= 15 is 0 Å². The molecule has 1 aliphatic rings. The van der Waals surface area contributed by atoms with Crippen LogP contribution in [0.5, 0.6) is 5.75 Å². The molecular formula is C25H19ClF2N2O3. The van der Waals surface area contributed by atoms with Gasteiger partial charge in [0, 0.05) is 22.8 Å². The van der Waals surface area contributed by atoms with E-state index in [0.29, 0.717) is 28.6 Å². The molecule has 168 valence electrons. The maximum atomic E-state index is 13.9. The lowest BCUT2D eigenvalue weighted by molar-refractivity contribution is -0.120. The van der Waals surface area contributed by atoms with Crippen molar-refractivity contribution in [1.29, 1.82) is 0 Å². The Morgan fingerprint density at radius 1 is 0.939 bits per heavy atom. The first-order chi connectivity index (χ1) is 15.9. The summed E-state index contributed by atoms with van der Waals surface area (Å²) < 4.78 is 32.9. The lowest BCUT2D eigenvalue weighted by Gasteiger charge is -2.16. The van der Waals surface area contributed by atoms with Gasteiger partial charge in [-0.1, -0.05) is 36.7 Å². The van der Waals surface area contributed by atoms with Crippen LogP contribution in [-0.2, 0) is 9.59 Å². The number of nitrogens with one attached hydrogen (secondary N) is 1. The number of anilines is 2. The molecule has 0 aromatic heterocycles. The number of benzene rings is 3. The highest BCUT2D eigenvalue weighted by Crippen LogP contribution is 2.35. The molecule has 0 aliphatic carbocycles. The molecule has 0 saturated carbocycles. The summed E-state index contributed by atoms with van der Waals surface area (Å²) in [5.74, 6) is -3.01. The first-order valence-electron chi connectivity index (χ1n) is 10.2. The molecule has 0 fully saturated rings. The smallest absolute Gasteiger partial charge is 0.282 e. The quantitative estimate of drug-likeness (QED) is 0.445. The van der Waals surface area contributed by atoms with Gasteiger partial charge in [0.15, 0.2) is 11.6 Å². The van der Waals surface area contributed by atoms with E-state index < -0.39 is 23.4 Å². The molecule has 3 aromatic carbocycles. The fourth-order valence-electron chi connectivity index (χ4n) is 3.42. The van der Waals surface area contributed by atoms with Gasteiger partial charge in [0.1, 0.15) is 11.4 Å². The molecule has 5 nitrogen and oxygen atoms in total. The normalized spacial score (nSPS) is 13.6. The van der Waals surface area contributed by atoms with Crippen molar-refractivity contribution >= 4 is 40.4 Å². The summed E-state index contributed by atoms with van der Waals surface area (Å²) in [7, 11) is 0. The van der Waals surface area contributed by atoms with Crippen molar-refractivity contribution in [1.82, 2.24) is 0 Å². The fourth-order valence-corrected chi connectivity index (χ4v) is 3.54. The van der Waals surface area contributed by atoms with Crippen LogP contribution in [0.25, 0.3) is 5.57 Å². The second-order valence-electron chi connectivity index (χ2n) is 7.30. The van der Waals surface area contributed by atoms with Crippen LogP contribution in [0.1, 0.15) is 18.9 Å². The minimum absolute atomic E-state index is 0.000280. The molecule has 0 bridgehead atoms. The van der Waals surface area contributed by atoms with Crippen LogP contribution < -0.4 is 15.0 Å². The molecule has 1 aliphatic heterocycles. The lowest BCUT2D eigenvalue weighted by atomic mass is 10.0. The Balaban J connectivity index is 1.77. The average molecular weight is 469 g/mol. The number of amides is 2. The number of hydrogen-bond donors (Lipinski definition) is 1. The monoisotopic (exact) mass is 468 g/mol. The molecule has 1 heterocycles. The highest BCUT2D eigenvalue weighted by molar-refractivity contribution is 6.46. The van der Waals surface area contributed by atoms with Crippen molar-refractivity contribution in [3.8, 4) is 5.75 Å². The van der Waals surface area contributed by atoms with E-state index in [1.54, 1.807) is 48.5 Å². The highest BCUT2D eigenvalue weighted by atomic mass is 35.5. The maximum absolute atomic E-state index is 13.9. The van der Waals surface area contributed by atoms with E-state index in [2.05, 4.69) is 5.32 Å². The van der Waals surface area contributed by atoms with E-state index in [1.807, 2.05) is 6.92 Å². The van der Waals surface area contributed by atoms with Crippen LogP contribution in [0.4, 0.5) is 20.2 Å². The molecule has 0 spiro atoms. The summed E-state index contributed by atoms with van der Waals surface area (Å²) in [5.41, 5.74) is 0.982. The molecule has 8 heteroatoms. The van der Waals surface area contributed by atoms with E-state index in [9.17, 15) is 18.4 Å². The van der Waals surface area contributed by atoms with E-state index in [0.717, 1.165) is 23.5 Å². The predicted octanol–water partition coefficient (Wildman–Crippen LogP) is 5.80. The number of imide groups is 1. The molecule has 0 unspecified atom stereocenters. The number of carbonyl (C=O) groups is 2. The first-order valence-corrected chi connectivity index (χ1v) is 10.6. The Kier molecular flexibility index (Phi) is 6.42. The SMILES string of the molecule is CCCOc1cccc(NC2=C(c3ccc(Cl)cc3)C(=O)N(c3ccc(F)c(F)c3)C2=O)c1. The average Bonchev–Trinajstić information content (AvgIpc) is 3.04. The Hall–Kier alpha value is -3.71. The molecule has 0 radical (unpaired) electrons. The van der Waals surface area contributed by atoms with Crippen molar-refractivity contribution in [2.24, 2.45) is 0 Å². The Labute approximate surface area is 194 Å². The van der Waals surface area contributed by atoms with Crippen LogP contribution in [0.3, 0.4) is 0 Å². The van der Waals surface area contributed by atoms with Gasteiger partial charge < -0.3 is 10.1 Å². The lowest BCUT2D eigenvalue weighted by Crippen LogP contribution is -2.32. The summed E-state index contributed by atoms with van der Waals surface area (Å²) in [6.45, 7) is 2.52. The molecule has 33 heavy (non-hydrogen) atoms. The molecule has 1 N–H and O–H groups in total. The third kappa shape index (κ3) is 4.59. The molecule has 0 atom stereocenters. The largest absolute Gasteiger partial charge is 0.494 e. The van der Waals surface area contributed by atoms with Gasteiger partial charge in [-0.25, -0.2) is 13.7 Å². The van der Waals surface area contributed by atoms with Crippen molar-refractivity contribution in [2.75, 3.05) is 16.8 Å². The zero-order valence-corrected chi connectivity index (χ0v) is 18.3. The van der Waals surface area contributed by atoms with Gasteiger partial charge in [-0.05, 0) is 48.4 Å². The molecule has 3 aromatic rings. The van der Waals surface area contributed by atoms with Crippen molar-refractivity contribution < 1.29 is 23.1 Å². The second-order valence-corrected chi connectivity index (χ2v) is 7.74. The van der Waals surface area contributed by atoms with Gasteiger partial charge in [-0.3, -0.25) is 9.59 Å². The third-order valence-electron chi connectivity index (χ3n) is 4.95. The van der Waals surface area contributed by atoms with Crippen LogP contribution in [0, 0.1) is 11.6 Å². The summed E-state index contributed by atoms with van der Waals surface area (Å²) in [4.78, 5) is 27.5. The van der Waals surface area contributed by atoms with Gasteiger partial charge in [-0.15, -0.1) is 0 Å². The third-order valence-corrected chi connectivity index (χ3v) is 5.21. The molecule has 4 rings (SSSR count). The molecule has 2 amide bonds. The van der Waals surface area contributed by atoms with Gasteiger partial charge in [0.05, 0.1) is 17.9 Å². The summed E-state index contributed by atoms with van der Waals surface area (Å²) in [6.07, 6.45) is 0.833. The number of hydrogen-bond acceptors (Lipinski definition) is 4. The molecular weight excluding hydrogens is 450 g/mol. The zero-order valence-electron chi connectivity index (χ0n) is 17.6. The van der Waals surface area contributed by atoms with E-state index in [-0.39, 0.29) is 17.0 Å². The van der Waals surface area contributed by atoms with E-state index in [4.69, 9.17) is 16.3 Å². The zero-order chi connectivity index (χ0) is 23.5. The van der Waals surface area contributed by atoms with Gasteiger partial charge in [0.2, 0.25) is 0 Å². The molecule has 0 saturated heterocycles. The summed E-state index contributed by atoms with van der Waals surface area (Å²) in [6, 6.07) is 16.2. The van der Waals surface area contributed by atoms with Gasteiger partial charge in [0.25, 0.3) is 11.8 Å². The predicted molar refractivity (Wildman–Crippen MR) is 123 cm³/mol. The van der Waals surface area contributed by atoms with Crippen LogP contribution in [0.15, 0.2) is 72.4 Å². The Morgan fingerprint density at radius 3 is 2.39 bits per heavy atom. The number of carbonyl (C=O) groups excluding carboxylic acids is 2. The van der Waals surface area contributed by atoms with Crippen LogP contribution in [-0.4, -0.2) is 18.4 Å². The minimum Gasteiger partial charge on any atom is -0.494 e. The standard InChI is InChI=1S/C25H19ClF2N2O3/c1-2-12-33-19-5-3-4-17(13-19)29-23-22(15-6-8-16(26)9-7-15)24(31)30(25(23)32)18-10-11-20(27)21(28)14-18/h3-11,13-14,29H,2,12H2,1H3. The number of halogens is 3. The number of nitrogens with zero attached hydrogens (tertiary/aromatic N) is 1. The Bertz CT molecular complexity index is 1260. The minimum atomic E-state index is -1.16. The highest BCUT2D eigenvalue weighted by Gasteiger charge is 2.40. The fraction of sp³-hybridized carbons (Fsp3) is 0.120. The second kappa shape index (κ2) is 9.42. The van der Waals surface area contributed by atoms with Crippen molar-refractivity contribution in [3.05, 3.63) is 94.6 Å².